The van der Waals surface area contributed by atoms with Gasteiger partial charge in [0.1, 0.15) is 5.84 Å². The van der Waals surface area contributed by atoms with Crippen LogP contribution in [0, 0.1) is 11.8 Å². The van der Waals surface area contributed by atoms with Crippen molar-refractivity contribution in [2.24, 2.45) is 22.6 Å². The summed E-state index contributed by atoms with van der Waals surface area (Å²) in [7, 11) is 0. The molecule has 5 nitrogen and oxygen atoms in total. The van der Waals surface area contributed by atoms with Crippen molar-refractivity contribution in [1.82, 2.24) is 9.80 Å². The van der Waals surface area contributed by atoms with Crippen molar-refractivity contribution >= 4 is 23.5 Å². The van der Waals surface area contributed by atoms with E-state index in [0.29, 0.717) is 17.9 Å². The largest absolute Gasteiger partial charge is 0.357 e. The predicted molar refractivity (Wildman–Crippen MR) is 134 cm³/mol. The van der Waals surface area contributed by atoms with E-state index in [0.717, 1.165) is 43.1 Å². The molecule has 5 rings (SSSR count). The monoisotopic (exact) mass is 460 g/mol. The van der Waals surface area contributed by atoms with E-state index < -0.39 is 0 Å². The number of hydrogen-bond acceptors (Lipinski definition) is 5. The van der Waals surface area contributed by atoms with E-state index in [1.165, 1.54) is 89.3 Å². The van der Waals surface area contributed by atoms with Crippen LogP contribution >= 0.6 is 11.8 Å². The van der Waals surface area contributed by atoms with Crippen molar-refractivity contribution in [3.8, 4) is 0 Å². The van der Waals surface area contributed by atoms with Crippen LogP contribution in [0.2, 0.25) is 0 Å². The molecule has 0 bridgehead atoms. The molecule has 4 fully saturated rings. The lowest BCUT2D eigenvalue weighted by molar-refractivity contribution is -0.134. The fraction of sp³-hybridized carbons (Fsp3) is 0.923. The van der Waals surface area contributed by atoms with Crippen molar-refractivity contribution in [2.75, 3.05) is 26.2 Å². The highest BCUT2D eigenvalue weighted by Crippen LogP contribution is 2.44. The van der Waals surface area contributed by atoms with Crippen LogP contribution in [0.15, 0.2) is 4.99 Å². The standard InChI is InChI=1S/C26H44N4OS/c27-21(18-19-8-2-1-3-9-19)26(31)30-16-14-29(15-17-30)25-20-10-4-6-12-23(20)32-24-13-7-5-11-22(24)28-25/h19-24H,1-18,27H2. The minimum atomic E-state index is -0.304. The zero-order valence-electron chi connectivity index (χ0n) is 19.9. The molecule has 2 N–H and O–H groups in total. The second-order valence-electron chi connectivity index (χ2n) is 11.1. The summed E-state index contributed by atoms with van der Waals surface area (Å²) in [6, 6.07) is 0.222. The molecule has 2 heterocycles. The molecular formula is C26H44N4OS. The molecule has 5 atom stereocenters. The quantitative estimate of drug-likeness (QED) is 0.676. The zero-order valence-corrected chi connectivity index (χ0v) is 20.7. The van der Waals surface area contributed by atoms with Gasteiger partial charge in [0.15, 0.2) is 0 Å². The molecule has 0 aromatic carbocycles. The molecule has 1 saturated heterocycles. The highest BCUT2D eigenvalue weighted by Gasteiger charge is 2.41. The maximum atomic E-state index is 13.1. The Labute approximate surface area is 199 Å². The van der Waals surface area contributed by atoms with Crippen LogP contribution in [0.1, 0.15) is 89.9 Å². The third-order valence-electron chi connectivity index (χ3n) is 8.89. The third kappa shape index (κ3) is 5.16. The number of aliphatic imine (C=N–C) groups is 1. The molecule has 180 valence electrons. The molecule has 32 heavy (non-hydrogen) atoms. The molecule has 0 aromatic rings. The summed E-state index contributed by atoms with van der Waals surface area (Å²) in [5, 5.41) is 1.51. The van der Waals surface area contributed by atoms with Gasteiger partial charge in [-0.05, 0) is 38.0 Å². The van der Waals surface area contributed by atoms with Crippen LogP contribution in [0.25, 0.3) is 0 Å². The summed E-state index contributed by atoms with van der Waals surface area (Å²) in [4.78, 5) is 23.2. The molecule has 1 amide bonds. The number of hydrogen-bond donors (Lipinski definition) is 1. The number of amidine groups is 1. The first-order valence-electron chi connectivity index (χ1n) is 13.7. The van der Waals surface area contributed by atoms with Crippen LogP contribution in [0.4, 0.5) is 0 Å². The number of nitrogens with two attached hydrogens (primary N) is 1. The molecule has 0 aromatic heterocycles. The van der Waals surface area contributed by atoms with E-state index in [-0.39, 0.29) is 11.9 Å². The van der Waals surface area contributed by atoms with E-state index in [2.05, 4.69) is 21.6 Å². The van der Waals surface area contributed by atoms with E-state index >= 15 is 0 Å². The lowest BCUT2D eigenvalue weighted by Gasteiger charge is -2.41. The van der Waals surface area contributed by atoms with E-state index in [4.69, 9.17) is 10.7 Å². The molecule has 2 aliphatic heterocycles. The highest BCUT2D eigenvalue weighted by atomic mass is 32.2. The third-order valence-corrected chi connectivity index (χ3v) is 10.7. The summed E-state index contributed by atoms with van der Waals surface area (Å²) in [5.41, 5.74) is 6.41. The molecule has 5 aliphatic rings. The number of carbonyl (C=O) groups is 1. The molecule has 5 unspecified atom stereocenters. The average molecular weight is 461 g/mol. The van der Waals surface area contributed by atoms with E-state index in [1.807, 2.05) is 0 Å². The number of rotatable bonds is 3. The summed E-state index contributed by atoms with van der Waals surface area (Å²) >= 11 is 2.29. The lowest BCUT2D eigenvalue weighted by atomic mass is 9.84. The summed E-state index contributed by atoms with van der Waals surface area (Å²) in [6.07, 6.45) is 18.2. The number of thioether (sulfide) groups is 1. The van der Waals surface area contributed by atoms with Crippen LogP contribution in [-0.4, -0.2) is 70.3 Å². The summed E-state index contributed by atoms with van der Waals surface area (Å²) in [6.45, 7) is 3.50. The molecule has 6 heteroatoms. The SMILES string of the molecule is NC(CC1CCCCC1)C(=O)N1CCN(C2=NC3CCCCC3SC3CCCCC23)CC1. The first kappa shape index (κ1) is 23.0. The Bertz CT molecular complexity index is 671. The van der Waals surface area contributed by atoms with Gasteiger partial charge >= 0.3 is 0 Å². The first-order valence-corrected chi connectivity index (χ1v) is 14.7. The Hall–Kier alpha value is -0.750. The Morgan fingerprint density at radius 3 is 2.31 bits per heavy atom. The van der Waals surface area contributed by atoms with Gasteiger partial charge in [-0.2, -0.15) is 11.8 Å². The molecule has 3 aliphatic carbocycles. The van der Waals surface area contributed by atoms with Crippen LogP contribution in [-0.2, 0) is 4.79 Å². The van der Waals surface area contributed by atoms with Gasteiger partial charge in [-0.15, -0.1) is 0 Å². The van der Waals surface area contributed by atoms with Gasteiger partial charge in [-0.25, -0.2) is 0 Å². The number of piperazine rings is 1. The van der Waals surface area contributed by atoms with Gasteiger partial charge in [0.25, 0.3) is 0 Å². The van der Waals surface area contributed by atoms with Crippen molar-refractivity contribution in [3.63, 3.8) is 0 Å². The first-order chi connectivity index (χ1) is 15.7. The molecule has 3 saturated carbocycles. The van der Waals surface area contributed by atoms with Crippen molar-refractivity contribution in [1.29, 1.82) is 0 Å². The normalized spacial score (nSPS) is 35.3. The lowest BCUT2D eigenvalue weighted by Crippen LogP contribution is -2.56. The maximum absolute atomic E-state index is 13.1. The Balaban J connectivity index is 1.21. The van der Waals surface area contributed by atoms with Gasteiger partial charge in [-0.3, -0.25) is 9.79 Å². The maximum Gasteiger partial charge on any atom is 0.239 e. The zero-order chi connectivity index (χ0) is 21.9. The van der Waals surface area contributed by atoms with Gasteiger partial charge in [0.2, 0.25) is 5.91 Å². The Kier molecular flexibility index (Phi) is 7.67. The highest BCUT2D eigenvalue weighted by molar-refractivity contribution is 8.00. The van der Waals surface area contributed by atoms with Gasteiger partial charge in [-0.1, -0.05) is 57.8 Å². The number of nitrogens with zero attached hydrogens (tertiary/aromatic N) is 3. The number of amides is 1. The predicted octanol–water partition coefficient (Wildman–Crippen LogP) is 4.44. The summed E-state index contributed by atoms with van der Waals surface area (Å²) in [5.74, 6) is 2.90. The van der Waals surface area contributed by atoms with Crippen molar-refractivity contribution < 1.29 is 4.79 Å². The minimum Gasteiger partial charge on any atom is -0.357 e. The average Bonchev–Trinajstić information content (AvgIpc) is 3.01. The van der Waals surface area contributed by atoms with Crippen LogP contribution < -0.4 is 5.73 Å². The van der Waals surface area contributed by atoms with Gasteiger partial charge in [0, 0.05) is 42.6 Å². The van der Waals surface area contributed by atoms with Crippen LogP contribution in [0.3, 0.4) is 0 Å². The summed E-state index contributed by atoms with van der Waals surface area (Å²) < 4.78 is 0. The van der Waals surface area contributed by atoms with Crippen molar-refractivity contribution in [2.45, 2.75) is 112 Å². The second kappa shape index (κ2) is 10.7. The molecular weight excluding hydrogens is 416 g/mol. The van der Waals surface area contributed by atoms with Gasteiger partial charge < -0.3 is 15.5 Å². The van der Waals surface area contributed by atoms with Crippen LogP contribution in [0.5, 0.6) is 0 Å². The second-order valence-corrected chi connectivity index (χ2v) is 12.6. The molecule has 0 radical (unpaired) electrons. The van der Waals surface area contributed by atoms with E-state index in [1.54, 1.807) is 0 Å². The Morgan fingerprint density at radius 1 is 0.875 bits per heavy atom. The number of carbonyl (C=O) groups excluding carboxylic acids is 1. The smallest absolute Gasteiger partial charge is 0.239 e. The minimum absolute atomic E-state index is 0.191. The fourth-order valence-electron chi connectivity index (χ4n) is 7.02. The number of fused-ring (bicyclic) bond motifs is 2. The van der Waals surface area contributed by atoms with E-state index in [9.17, 15) is 4.79 Å². The topological polar surface area (TPSA) is 61.9 Å². The molecule has 0 spiro atoms. The Morgan fingerprint density at radius 2 is 1.53 bits per heavy atom. The van der Waals surface area contributed by atoms with Gasteiger partial charge in [0.05, 0.1) is 12.1 Å². The fourth-order valence-corrected chi connectivity index (χ4v) is 8.90. The van der Waals surface area contributed by atoms with Crippen molar-refractivity contribution in [3.05, 3.63) is 0 Å².